The maximum atomic E-state index is 9.80. The Bertz CT molecular complexity index is 641. The summed E-state index contributed by atoms with van der Waals surface area (Å²) in [4.78, 5) is 0. The second-order valence-electron chi connectivity index (χ2n) is 7.38. The topological polar surface area (TPSA) is 222 Å². The molecule has 2 aliphatic heterocycles. The van der Waals surface area contributed by atoms with Crippen LogP contribution >= 0.6 is 11.3 Å². The van der Waals surface area contributed by atoms with Crippen molar-refractivity contribution in [1.29, 1.82) is 0 Å². The standard InChI is InChI=1S/C11H20O10.C4H5BO2S.C4H11N/c12-1-3-5(14)6(15)7(16)11(20-3)21-9-4(2-13)19-10(18)8(9)17;6-5(7)4-2-1-3-8-4;1-3-5-4-2/h3-18H,1-2H2;1-3,6-7H;5H,3-4H2,1-2H3/t3-,4-,5+,6+,7-,8+,9-,10?,11+;;/m1../s1. The van der Waals surface area contributed by atoms with E-state index < -0.39 is 75.6 Å². The Morgan fingerprint density at radius 2 is 1.53 bits per heavy atom. The molecule has 3 heterocycles. The van der Waals surface area contributed by atoms with Crippen LogP contribution in [0.5, 0.6) is 0 Å². The molecule has 2 fully saturated rings. The van der Waals surface area contributed by atoms with Gasteiger partial charge in [-0.25, -0.2) is 0 Å². The lowest BCUT2D eigenvalue weighted by atomic mass is 9.90. The maximum absolute atomic E-state index is 9.80. The van der Waals surface area contributed by atoms with Crippen LogP contribution in [-0.2, 0) is 14.2 Å². The van der Waals surface area contributed by atoms with Gasteiger partial charge in [0.15, 0.2) is 12.6 Å². The van der Waals surface area contributed by atoms with Gasteiger partial charge in [-0.2, -0.15) is 11.3 Å². The van der Waals surface area contributed by atoms with E-state index in [4.69, 9.17) is 34.5 Å². The van der Waals surface area contributed by atoms with E-state index in [2.05, 4.69) is 19.2 Å². The SMILES string of the molecule is CCNCC.OB(O)c1cccs1.OC[C@H]1O[C@@H](O[C@H]2[C@H](O)C(O)O[C@@H]2CO)[C@H](O)[C@@H](O)[C@H]1O. The van der Waals surface area contributed by atoms with Crippen molar-refractivity contribution in [3.63, 3.8) is 0 Å². The highest BCUT2D eigenvalue weighted by atomic mass is 32.1. The summed E-state index contributed by atoms with van der Waals surface area (Å²) in [5, 5.41) is 88.1. The van der Waals surface area contributed by atoms with Gasteiger partial charge in [0.1, 0.15) is 42.7 Å². The van der Waals surface area contributed by atoms with Gasteiger partial charge >= 0.3 is 7.12 Å². The summed E-state index contributed by atoms with van der Waals surface area (Å²) in [5.74, 6) is 0. The Hall–Kier alpha value is -0.755. The van der Waals surface area contributed by atoms with Crippen LogP contribution in [0.3, 0.4) is 0 Å². The van der Waals surface area contributed by atoms with Crippen LogP contribution < -0.4 is 10.1 Å². The van der Waals surface area contributed by atoms with Crippen molar-refractivity contribution < 1.29 is 60.0 Å². The summed E-state index contributed by atoms with van der Waals surface area (Å²) in [6, 6.07) is 3.45. The van der Waals surface area contributed by atoms with Crippen molar-refractivity contribution in [3.05, 3.63) is 17.5 Å². The quantitative estimate of drug-likeness (QED) is 0.155. The minimum Gasteiger partial charge on any atom is -0.423 e. The fourth-order valence-corrected chi connectivity index (χ4v) is 3.65. The first-order chi connectivity index (χ1) is 16.1. The van der Waals surface area contributed by atoms with Crippen molar-refractivity contribution in [2.75, 3.05) is 26.3 Å². The Kier molecular flexibility index (Phi) is 14.8. The monoisotopic (exact) mass is 513 g/mol. The number of ether oxygens (including phenoxy) is 3. The molecule has 0 saturated carbocycles. The molecule has 0 spiro atoms. The first-order valence-electron chi connectivity index (χ1n) is 10.8. The van der Waals surface area contributed by atoms with Crippen molar-refractivity contribution >= 4 is 23.2 Å². The largest absolute Gasteiger partial charge is 0.499 e. The molecular formula is C19H36BNO12S. The molecule has 13 nitrogen and oxygen atoms in total. The second-order valence-corrected chi connectivity index (χ2v) is 8.36. The van der Waals surface area contributed by atoms with Crippen LogP contribution in [-0.4, -0.2) is 135 Å². The van der Waals surface area contributed by atoms with Gasteiger partial charge < -0.3 is 65.3 Å². The third-order valence-corrected chi connectivity index (χ3v) is 5.84. The van der Waals surface area contributed by atoms with E-state index in [9.17, 15) is 25.5 Å². The molecule has 0 bridgehead atoms. The average molecular weight is 513 g/mol. The predicted octanol–water partition coefficient (Wildman–Crippen LogP) is -4.71. The van der Waals surface area contributed by atoms with Crippen molar-refractivity contribution in [2.45, 2.75) is 69.2 Å². The molecule has 1 unspecified atom stereocenters. The van der Waals surface area contributed by atoms with Crippen LogP contribution in [0, 0.1) is 0 Å². The molecular weight excluding hydrogens is 477 g/mol. The minimum absolute atomic E-state index is 0.559. The summed E-state index contributed by atoms with van der Waals surface area (Å²) in [7, 11) is -1.30. The molecule has 1 aromatic rings. The number of rotatable bonds is 7. The zero-order valence-corrected chi connectivity index (χ0v) is 19.8. The zero-order valence-electron chi connectivity index (χ0n) is 19.0. The van der Waals surface area contributed by atoms with E-state index in [1.54, 1.807) is 17.5 Å². The average Bonchev–Trinajstić information content (AvgIpc) is 3.45. The van der Waals surface area contributed by atoms with Crippen LogP contribution in [0.4, 0.5) is 0 Å². The summed E-state index contributed by atoms with van der Waals surface area (Å²) in [6.07, 6.45) is -12.8. The van der Waals surface area contributed by atoms with E-state index in [0.717, 1.165) is 13.1 Å². The number of hydrogen-bond acceptors (Lipinski definition) is 14. The zero-order chi connectivity index (χ0) is 25.8. The summed E-state index contributed by atoms with van der Waals surface area (Å²) in [5.41, 5.74) is 0. The van der Waals surface area contributed by atoms with Gasteiger partial charge in [0.2, 0.25) is 0 Å². The number of nitrogens with one attached hydrogen (secondary N) is 1. The van der Waals surface area contributed by atoms with Gasteiger partial charge in [0.05, 0.1) is 13.2 Å². The normalized spacial score (nSPS) is 35.1. The highest BCUT2D eigenvalue weighted by molar-refractivity contribution is 7.20. The Labute approximate surface area is 201 Å². The van der Waals surface area contributed by atoms with Crippen molar-refractivity contribution in [1.82, 2.24) is 5.32 Å². The number of thiophene rings is 1. The van der Waals surface area contributed by atoms with Crippen molar-refractivity contribution in [2.24, 2.45) is 0 Å². The molecule has 0 radical (unpaired) electrons. The van der Waals surface area contributed by atoms with Gasteiger partial charge in [-0.1, -0.05) is 26.0 Å². The first kappa shape index (κ1) is 31.3. The molecule has 2 aliphatic rings. The highest BCUT2D eigenvalue weighted by Gasteiger charge is 2.49. The molecule has 2 saturated heterocycles. The molecule has 10 N–H and O–H groups in total. The lowest BCUT2D eigenvalue weighted by Gasteiger charge is -2.41. The molecule has 3 rings (SSSR count). The Balaban J connectivity index is 0.000000363. The van der Waals surface area contributed by atoms with Crippen LogP contribution in [0.1, 0.15) is 13.8 Å². The third-order valence-electron chi connectivity index (χ3n) is 4.93. The molecule has 9 atom stereocenters. The van der Waals surface area contributed by atoms with Gasteiger partial charge in [0.25, 0.3) is 0 Å². The Morgan fingerprint density at radius 1 is 0.912 bits per heavy atom. The molecule has 15 heteroatoms. The van der Waals surface area contributed by atoms with Crippen LogP contribution in [0.25, 0.3) is 0 Å². The van der Waals surface area contributed by atoms with E-state index in [-0.39, 0.29) is 0 Å². The molecule has 1 aromatic heterocycles. The molecule has 0 aromatic carbocycles. The second kappa shape index (κ2) is 16.1. The number of aliphatic hydroxyl groups excluding tert-OH is 7. The number of aliphatic hydroxyl groups is 7. The van der Waals surface area contributed by atoms with E-state index in [1.165, 1.54) is 11.3 Å². The molecule has 34 heavy (non-hydrogen) atoms. The number of hydrogen-bond donors (Lipinski definition) is 10. The fraction of sp³-hybridized carbons (Fsp3) is 0.789. The van der Waals surface area contributed by atoms with Crippen LogP contribution in [0.15, 0.2) is 17.5 Å². The predicted molar refractivity (Wildman–Crippen MR) is 121 cm³/mol. The maximum Gasteiger partial charge on any atom is 0.499 e. The smallest absolute Gasteiger partial charge is 0.423 e. The lowest BCUT2D eigenvalue weighted by Crippen LogP contribution is -2.60. The fourth-order valence-electron chi connectivity index (χ4n) is 3.06. The van der Waals surface area contributed by atoms with Crippen LogP contribution in [0.2, 0.25) is 0 Å². The van der Waals surface area contributed by atoms with Gasteiger partial charge in [-0.3, -0.25) is 0 Å². The van der Waals surface area contributed by atoms with E-state index in [0.29, 0.717) is 4.78 Å². The minimum atomic E-state index is -1.65. The Morgan fingerprint density at radius 3 is 1.94 bits per heavy atom. The summed E-state index contributed by atoms with van der Waals surface area (Å²) >= 11 is 1.33. The third kappa shape index (κ3) is 9.03. The molecule has 198 valence electrons. The van der Waals surface area contributed by atoms with Gasteiger partial charge in [-0.05, 0) is 18.5 Å². The van der Waals surface area contributed by atoms with E-state index in [1.807, 2.05) is 0 Å². The van der Waals surface area contributed by atoms with Gasteiger partial charge in [0, 0.05) is 4.78 Å². The van der Waals surface area contributed by atoms with Gasteiger partial charge in [-0.15, -0.1) is 0 Å². The first-order valence-corrected chi connectivity index (χ1v) is 11.7. The molecule has 0 amide bonds. The van der Waals surface area contributed by atoms with Crippen molar-refractivity contribution in [3.8, 4) is 0 Å². The molecule has 0 aliphatic carbocycles. The van der Waals surface area contributed by atoms with E-state index >= 15 is 0 Å². The highest BCUT2D eigenvalue weighted by Crippen LogP contribution is 2.28. The summed E-state index contributed by atoms with van der Waals surface area (Å²) in [6.45, 7) is 5.21. The summed E-state index contributed by atoms with van der Waals surface area (Å²) < 4.78 is 15.8. The lowest BCUT2D eigenvalue weighted by molar-refractivity contribution is -0.318.